The molecule has 0 amide bonds. The summed E-state index contributed by atoms with van der Waals surface area (Å²) in [5.41, 5.74) is 0. The third-order valence-corrected chi connectivity index (χ3v) is 4.66. The van der Waals surface area contributed by atoms with E-state index in [0.29, 0.717) is 6.42 Å². The Bertz CT molecular complexity index is 287. The Morgan fingerprint density at radius 2 is 1.58 bits per heavy atom. The fourth-order valence-corrected chi connectivity index (χ4v) is 4.44. The summed E-state index contributed by atoms with van der Waals surface area (Å²) < 4.78 is 17.6. The summed E-state index contributed by atoms with van der Waals surface area (Å²) in [5.74, 6) is 0. The van der Waals surface area contributed by atoms with Crippen molar-refractivity contribution >= 4 is 16.6 Å². The lowest BCUT2D eigenvalue weighted by molar-refractivity contribution is -0.232. The molecule has 0 aliphatic carbocycles. The minimum absolute atomic E-state index is 0.169. The van der Waals surface area contributed by atoms with Gasteiger partial charge >= 0.3 is 0 Å². The smallest absolute Gasteiger partial charge is 0.184 e. The molecule has 2 N–H and O–H groups in total. The van der Waals surface area contributed by atoms with Crippen LogP contribution in [0, 0.1) is 0 Å². The van der Waals surface area contributed by atoms with Crippen LogP contribution in [0.5, 0.6) is 0 Å². The highest BCUT2D eigenvalue weighted by molar-refractivity contribution is 6.70. The summed E-state index contributed by atoms with van der Waals surface area (Å²) in [4.78, 5) is 0. The lowest BCUT2D eigenvalue weighted by atomic mass is 10.0. The van der Waals surface area contributed by atoms with Crippen molar-refractivity contribution in [3.63, 3.8) is 0 Å². The zero-order valence-corrected chi connectivity index (χ0v) is 14.8. The predicted octanol–water partition coefficient (Wildman–Crippen LogP) is 1.53. The Labute approximate surface area is 118 Å². The molecule has 1 saturated heterocycles. The van der Waals surface area contributed by atoms with E-state index in [1.54, 1.807) is 0 Å². The lowest BCUT2D eigenvalue weighted by Crippen LogP contribution is -2.57. The Morgan fingerprint density at radius 1 is 1.05 bits per heavy atom. The van der Waals surface area contributed by atoms with Crippen molar-refractivity contribution < 1.29 is 23.8 Å². The Hall–Kier alpha value is 0.234. The molecule has 1 rings (SSSR count). The molecular formula is C12H28O5Si2. The van der Waals surface area contributed by atoms with Gasteiger partial charge in [0.2, 0.25) is 0 Å². The maximum Gasteiger partial charge on any atom is 0.184 e. The van der Waals surface area contributed by atoms with Gasteiger partial charge in [0.1, 0.15) is 6.10 Å². The van der Waals surface area contributed by atoms with Crippen LogP contribution >= 0.6 is 0 Å². The molecule has 0 spiro atoms. The van der Waals surface area contributed by atoms with E-state index in [9.17, 15) is 10.2 Å². The van der Waals surface area contributed by atoms with Crippen LogP contribution < -0.4 is 0 Å². The highest BCUT2D eigenvalue weighted by atomic mass is 28.4. The molecule has 19 heavy (non-hydrogen) atoms. The molecule has 0 aromatic heterocycles. The standard InChI is InChI=1S/C12H28O5Si2/c1-18(2,3)16-9-7-11(14)15-10(8-13)12(9)17-19(4,5)6/h9-14H,7-8H2,1-6H3/t9-,10-,11?,12+/m1/s1. The van der Waals surface area contributed by atoms with Gasteiger partial charge in [-0.25, -0.2) is 0 Å². The normalized spacial score (nSPS) is 33.5. The van der Waals surface area contributed by atoms with Crippen molar-refractivity contribution in [2.75, 3.05) is 6.61 Å². The summed E-state index contributed by atoms with van der Waals surface area (Å²) in [7, 11) is -3.53. The zero-order valence-electron chi connectivity index (χ0n) is 12.8. The van der Waals surface area contributed by atoms with Crippen LogP contribution in [0.25, 0.3) is 0 Å². The maximum absolute atomic E-state index is 9.75. The molecule has 5 nitrogen and oxygen atoms in total. The Kier molecular flexibility index (Phi) is 5.77. The summed E-state index contributed by atoms with van der Waals surface area (Å²) in [6.45, 7) is 12.4. The van der Waals surface area contributed by atoms with Crippen LogP contribution in [0.15, 0.2) is 0 Å². The third kappa shape index (κ3) is 6.03. The first-order valence-electron chi connectivity index (χ1n) is 6.82. The van der Waals surface area contributed by atoms with Gasteiger partial charge < -0.3 is 23.8 Å². The van der Waals surface area contributed by atoms with E-state index < -0.39 is 29.0 Å². The van der Waals surface area contributed by atoms with E-state index in [1.807, 2.05) is 0 Å². The van der Waals surface area contributed by atoms with Gasteiger partial charge in [-0.15, -0.1) is 0 Å². The molecule has 0 saturated carbocycles. The largest absolute Gasteiger partial charge is 0.412 e. The van der Waals surface area contributed by atoms with Crippen molar-refractivity contribution in [2.45, 2.75) is 70.3 Å². The lowest BCUT2D eigenvalue weighted by Gasteiger charge is -2.44. The number of aliphatic hydroxyl groups is 2. The second kappa shape index (κ2) is 6.34. The molecule has 0 aromatic rings. The minimum Gasteiger partial charge on any atom is -0.412 e. The Morgan fingerprint density at radius 3 is 2.00 bits per heavy atom. The average molecular weight is 309 g/mol. The van der Waals surface area contributed by atoms with Crippen molar-refractivity contribution in [1.82, 2.24) is 0 Å². The monoisotopic (exact) mass is 308 g/mol. The summed E-state index contributed by atoms with van der Waals surface area (Å²) in [5, 5.41) is 19.2. The first-order chi connectivity index (χ1) is 8.52. The number of ether oxygens (including phenoxy) is 1. The molecule has 1 heterocycles. The fraction of sp³-hybridized carbons (Fsp3) is 1.00. The summed E-state index contributed by atoms with van der Waals surface area (Å²) in [6, 6.07) is 0. The van der Waals surface area contributed by atoms with Crippen molar-refractivity contribution in [3.8, 4) is 0 Å². The number of rotatable bonds is 5. The zero-order chi connectivity index (χ0) is 14.8. The molecule has 0 aromatic carbocycles. The summed E-state index contributed by atoms with van der Waals surface area (Å²) in [6.07, 6.45) is -1.52. The van der Waals surface area contributed by atoms with E-state index in [2.05, 4.69) is 39.3 Å². The van der Waals surface area contributed by atoms with E-state index in [-0.39, 0.29) is 18.8 Å². The first kappa shape index (κ1) is 17.3. The van der Waals surface area contributed by atoms with Gasteiger partial charge in [-0.2, -0.15) is 0 Å². The van der Waals surface area contributed by atoms with Crippen molar-refractivity contribution in [2.24, 2.45) is 0 Å². The van der Waals surface area contributed by atoms with Gasteiger partial charge in [-0.05, 0) is 39.3 Å². The molecule has 1 unspecified atom stereocenters. The van der Waals surface area contributed by atoms with E-state index in [0.717, 1.165) is 0 Å². The SMILES string of the molecule is C[Si](C)(C)O[C@@H]1[C@@H](CO)OC(O)C[C@H]1O[Si](C)(C)C. The highest BCUT2D eigenvalue weighted by Crippen LogP contribution is 2.28. The molecule has 4 atom stereocenters. The second-order valence-corrected chi connectivity index (χ2v) is 15.9. The van der Waals surface area contributed by atoms with Gasteiger partial charge in [0.15, 0.2) is 22.9 Å². The molecule has 1 aliphatic heterocycles. The van der Waals surface area contributed by atoms with Crippen molar-refractivity contribution in [3.05, 3.63) is 0 Å². The third-order valence-electron chi connectivity index (χ3n) is 2.67. The van der Waals surface area contributed by atoms with Crippen LogP contribution in [0.2, 0.25) is 39.3 Å². The fourth-order valence-electron chi connectivity index (χ4n) is 2.18. The molecule has 7 heteroatoms. The van der Waals surface area contributed by atoms with Gasteiger partial charge in [0.25, 0.3) is 0 Å². The molecule has 114 valence electrons. The van der Waals surface area contributed by atoms with Crippen molar-refractivity contribution in [1.29, 1.82) is 0 Å². The predicted molar refractivity (Wildman–Crippen MR) is 79.0 cm³/mol. The average Bonchev–Trinajstić information content (AvgIpc) is 2.17. The molecule has 1 fully saturated rings. The maximum atomic E-state index is 9.75. The van der Waals surface area contributed by atoms with Crippen LogP contribution in [-0.4, -0.2) is 58.1 Å². The van der Waals surface area contributed by atoms with E-state index in [1.165, 1.54) is 0 Å². The minimum atomic E-state index is -1.78. The van der Waals surface area contributed by atoms with Gasteiger partial charge in [-0.3, -0.25) is 0 Å². The van der Waals surface area contributed by atoms with Gasteiger partial charge in [0, 0.05) is 6.42 Å². The highest BCUT2D eigenvalue weighted by Gasteiger charge is 2.43. The number of hydrogen-bond donors (Lipinski definition) is 2. The molecule has 0 radical (unpaired) electrons. The summed E-state index contributed by atoms with van der Waals surface area (Å²) >= 11 is 0. The molecule has 0 bridgehead atoms. The van der Waals surface area contributed by atoms with E-state index in [4.69, 9.17) is 13.6 Å². The first-order valence-corrected chi connectivity index (χ1v) is 13.6. The molecule has 1 aliphatic rings. The van der Waals surface area contributed by atoms with Crippen LogP contribution in [-0.2, 0) is 13.6 Å². The van der Waals surface area contributed by atoms with Crippen LogP contribution in [0.3, 0.4) is 0 Å². The molecular weight excluding hydrogens is 280 g/mol. The quantitative estimate of drug-likeness (QED) is 0.754. The van der Waals surface area contributed by atoms with Gasteiger partial charge in [-0.1, -0.05) is 0 Å². The second-order valence-electron chi connectivity index (χ2n) is 7.01. The number of aliphatic hydroxyl groups excluding tert-OH is 2. The topological polar surface area (TPSA) is 68.2 Å². The number of hydrogen-bond acceptors (Lipinski definition) is 5. The van der Waals surface area contributed by atoms with Crippen LogP contribution in [0.4, 0.5) is 0 Å². The van der Waals surface area contributed by atoms with Crippen LogP contribution in [0.1, 0.15) is 6.42 Å². The van der Waals surface area contributed by atoms with Gasteiger partial charge in [0.05, 0.1) is 18.8 Å². The Balaban J connectivity index is 2.86. The van der Waals surface area contributed by atoms with E-state index >= 15 is 0 Å².